The molecule has 0 radical (unpaired) electrons. The normalized spacial score (nSPS) is 13.6. The van der Waals surface area contributed by atoms with Gasteiger partial charge < -0.3 is 5.73 Å². The van der Waals surface area contributed by atoms with E-state index in [1.54, 1.807) is 0 Å². The molecule has 102 valence electrons. The lowest BCUT2D eigenvalue weighted by Crippen LogP contribution is -2.56. The molecule has 1 nitrogen and oxygen atoms in total. The van der Waals surface area contributed by atoms with Crippen LogP contribution in [-0.4, -0.2) is 13.7 Å². The molecule has 1 rings (SSSR count). The van der Waals surface area contributed by atoms with E-state index in [-0.39, 0.29) is 0 Å². The van der Waals surface area contributed by atoms with Crippen molar-refractivity contribution in [3.63, 3.8) is 0 Å². The van der Waals surface area contributed by atoms with Crippen LogP contribution >= 0.6 is 0 Å². The molecule has 1 aromatic rings. The number of rotatable bonds is 8. The first kappa shape index (κ1) is 15.5. The zero-order valence-electron chi connectivity index (χ0n) is 12.3. The van der Waals surface area contributed by atoms with E-state index >= 15 is 0 Å². The first-order valence-corrected chi connectivity index (χ1v) is 10.5. The molecule has 1 unspecified atom stereocenters. The van der Waals surface area contributed by atoms with Gasteiger partial charge in [0.15, 0.2) is 0 Å². The molecule has 0 bridgehead atoms. The van der Waals surface area contributed by atoms with Crippen molar-refractivity contribution in [2.24, 2.45) is 5.73 Å². The highest BCUT2D eigenvalue weighted by atomic mass is 28.3. The lowest BCUT2D eigenvalue weighted by molar-refractivity contribution is 0.594. The van der Waals surface area contributed by atoms with Crippen molar-refractivity contribution in [2.75, 3.05) is 0 Å². The van der Waals surface area contributed by atoms with Crippen LogP contribution in [0.5, 0.6) is 0 Å². The minimum atomic E-state index is -1.47. The van der Waals surface area contributed by atoms with Crippen molar-refractivity contribution in [3.05, 3.63) is 30.3 Å². The van der Waals surface area contributed by atoms with Crippen LogP contribution in [0.15, 0.2) is 30.3 Å². The molecule has 18 heavy (non-hydrogen) atoms. The molecule has 2 N–H and O–H groups in total. The quantitative estimate of drug-likeness (QED) is 0.560. The zero-order chi connectivity index (χ0) is 13.4. The first-order valence-electron chi connectivity index (χ1n) is 7.40. The molecule has 0 heterocycles. The standard InChI is InChI=1S/C16H29NSi/c1-4-5-6-7-11-14-16(17)18(2,3)15-12-9-8-10-13-15/h8-10,12-13,16H,4-7,11,14,17H2,1-3H3. The van der Waals surface area contributed by atoms with Crippen molar-refractivity contribution >= 4 is 13.3 Å². The van der Waals surface area contributed by atoms with Gasteiger partial charge in [0.25, 0.3) is 0 Å². The summed E-state index contributed by atoms with van der Waals surface area (Å²) < 4.78 is 0. The highest BCUT2D eigenvalue weighted by Crippen LogP contribution is 2.14. The molecule has 0 saturated heterocycles. The predicted molar refractivity (Wildman–Crippen MR) is 84.9 cm³/mol. The molecule has 1 atom stereocenters. The van der Waals surface area contributed by atoms with E-state index in [4.69, 9.17) is 5.73 Å². The van der Waals surface area contributed by atoms with E-state index in [1.807, 2.05) is 0 Å². The van der Waals surface area contributed by atoms with Crippen LogP contribution in [-0.2, 0) is 0 Å². The zero-order valence-corrected chi connectivity index (χ0v) is 13.3. The summed E-state index contributed by atoms with van der Waals surface area (Å²) in [5.74, 6) is 0. The average Bonchev–Trinajstić information content (AvgIpc) is 2.39. The van der Waals surface area contributed by atoms with Crippen LogP contribution in [0.4, 0.5) is 0 Å². The van der Waals surface area contributed by atoms with E-state index in [1.165, 1.54) is 43.7 Å². The number of hydrogen-bond donors (Lipinski definition) is 1. The fourth-order valence-corrected chi connectivity index (χ4v) is 4.82. The Bertz CT molecular complexity index is 321. The SMILES string of the molecule is CCCCCCCC(N)[Si](C)(C)c1ccccc1. The second-order valence-corrected chi connectivity index (χ2v) is 10.7. The second kappa shape index (κ2) is 7.75. The average molecular weight is 264 g/mol. The van der Waals surface area contributed by atoms with Crippen molar-refractivity contribution in [1.82, 2.24) is 0 Å². The van der Waals surface area contributed by atoms with Gasteiger partial charge in [0.05, 0.1) is 8.07 Å². The third-order valence-electron chi connectivity index (χ3n) is 4.06. The number of hydrogen-bond acceptors (Lipinski definition) is 1. The second-order valence-electron chi connectivity index (χ2n) is 5.90. The lowest BCUT2D eigenvalue weighted by Gasteiger charge is -2.30. The van der Waals surface area contributed by atoms with Gasteiger partial charge in [-0.05, 0) is 6.42 Å². The van der Waals surface area contributed by atoms with Crippen molar-refractivity contribution in [2.45, 2.75) is 64.2 Å². The minimum absolute atomic E-state index is 0.390. The summed E-state index contributed by atoms with van der Waals surface area (Å²) >= 11 is 0. The van der Waals surface area contributed by atoms with Crippen LogP contribution in [0.3, 0.4) is 0 Å². The fourth-order valence-electron chi connectivity index (χ4n) is 2.41. The summed E-state index contributed by atoms with van der Waals surface area (Å²) in [7, 11) is -1.47. The van der Waals surface area contributed by atoms with E-state index < -0.39 is 8.07 Å². The molecule has 0 aliphatic rings. The highest BCUT2D eigenvalue weighted by Gasteiger charge is 2.30. The van der Waals surface area contributed by atoms with Crippen LogP contribution < -0.4 is 10.9 Å². The molecule has 0 fully saturated rings. The summed E-state index contributed by atoms with van der Waals surface area (Å²) in [6.45, 7) is 7.06. The molecule has 0 spiro atoms. The predicted octanol–water partition coefficient (Wildman–Crippen LogP) is 3.83. The van der Waals surface area contributed by atoms with Crippen molar-refractivity contribution < 1.29 is 0 Å². The van der Waals surface area contributed by atoms with Crippen LogP contribution in [0.1, 0.15) is 45.4 Å². The fraction of sp³-hybridized carbons (Fsp3) is 0.625. The molecule has 0 aromatic heterocycles. The largest absolute Gasteiger partial charge is 0.330 e. The van der Waals surface area contributed by atoms with E-state index in [0.29, 0.717) is 5.67 Å². The van der Waals surface area contributed by atoms with Crippen molar-refractivity contribution in [1.29, 1.82) is 0 Å². The third kappa shape index (κ3) is 4.58. The smallest absolute Gasteiger partial charge is 0.0980 e. The number of unbranched alkanes of at least 4 members (excludes halogenated alkanes) is 4. The molecule has 0 amide bonds. The van der Waals surface area contributed by atoms with Crippen LogP contribution in [0, 0.1) is 0 Å². The molecule has 0 saturated carbocycles. The van der Waals surface area contributed by atoms with Crippen molar-refractivity contribution in [3.8, 4) is 0 Å². The number of nitrogens with two attached hydrogens (primary N) is 1. The first-order chi connectivity index (χ1) is 8.59. The van der Waals surface area contributed by atoms with Gasteiger partial charge >= 0.3 is 0 Å². The van der Waals surface area contributed by atoms with E-state index in [0.717, 1.165) is 0 Å². The van der Waals surface area contributed by atoms with Gasteiger partial charge in [-0.1, -0.05) is 87.6 Å². The molecular weight excluding hydrogens is 234 g/mol. The Labute approximate surface area is 114 Å². The molecule has 2 heteroatoms. The monoisotopic (exact) mass is 263 g/mol. The van der Waals surface area contributed by atoms with Gasteiger partial charge in [0, 0.05) is 5.67 Å². The summed E-state index contributed by atoms with van der Waals surface area (Å²) in [4.78, 5) is 0. The Kier molecular flexibility index (Phi) is 6.65. The lowest BCUT2D eigenvalue weighted by atomic mass is 10.1. The Morgan fingerprint density at radius 2 is 1.61 bits per heavy atom. The maximum atomic E-state index is 6.46. The minimum Gasteiger partial charge on any atom is -0.330 e. The van der Waals surface area contributed by atoms with Gasteiger partial charge in [-0.25, -0.2) is 0 Å². The third-order valence-corrected chi connectivity index (χ3v) is 8.03. The van der Waals surface area contributed by atoms with Gasteiger partial charge in [-0.15, -0.1) is 0 Å². The Morgan fingerprint density at radius 1 is 1.00 bits per heavy atom. The molecular formula is C16H29NSi. The molecule has 0 aliphatic carbocycles. The maximum Gasteiger partial charge on any atom is 0.0980 e. The highest BCUT2D eigenvalue weighted by molar-refractivity contribution is 6.91. The Balaban J connectivity index is 2.42. The number of benzene rings is 1. The molecule has 1 aromatic carbocycles. The molecule has 0 aliphatic heterocycles. The maximum absolute atomic E-state index is 6.46. The van der Waals surface area contributed by atoms with Gasteiger partial charge in [0.2, 0.25) is 0 Å². The summed E-state index contributed by atoms with van der Waals surface area (Å²) in [6.07, 6.45) is 7.89. The summed E-state index contributed by atoms with van der Waals surface area (Å²) in [5, 5.41) is 1.49. The Hall–Kier alpha value is -0.603. The van der Waals surface area contributed by atoms with Crippen LogP contribution in [0.25, 0.3) is 0 Å². The van der Waals surface area contributed by atoms with E-state index in [2.05, 4.69) is 50.3 Å². The summed E-state index contributed by atoms with van der Waals surface area (Å²) in [5.41, 5.74) is 6.85. The summed E-state index contributed by atoms with van der Waals surface area (Å²) in [6, 6.07) is 10.9. The van der Waals surface area contributed by atoms with Gasteiger partial charge in [-0.2, -0.15) is 0 Å². The topological polar surface area (TPSA) is 26.0 Å². The van der Waals surface area contributed by atoms with Crippen LogP contribution in [0.2, 0.25) is 13.1 Å². The van der Waals surface area contributed by atoms with E-state index in [9.17, 15) is 0 Å². The Morgan fingerprint density at radius 3 is 2.22 bits per heavy atom. The van der Waals surface area contributed by atoms with Gasteiger partial charge in [0.1, 0.15) is 0 Å². The van der Waals surface area contributed by atoms with Gasteiger partial charge in [-0.3, -0.25) is 0 Å².